The van der Waals surface area contributed by atoms with Crippen molar-refractivity contribution in [2.45, 2.75) is 58.8 Å². The molecule has 0 spiro atoms. The van der Waals surface area contributed by atoms with Crippen molar-refractivity contribution in [3.05, 3.63) is 35.0 Å². The first-order valence-electron chi connectivity index (χ1n) is 8.89. The van der Waals surface area contributed by atoms with Crippen molar-refractivity contribution in [3.8, 4) is 0 Å². The smallest absolute Gasteiger partial charge is 0.127 e. The maximum Gasteiger partial charge on any atom is 0.127 e. The lowest BCUT2D eigenvalue weighted by atomic mass is 9.82. The van der Waals surface area contributed by atoms with Crippen molar-refractivity contribution < 1.29 is 18.5 Å². The highest BCUT2D eigenvalue weighted by molar-refractivity contribution is 5.22. The molecule has 25 heavy (non-hydrogen) atoms. The Hall–Kier alpha value is -1.66. The molecule has 0 N–H and O–H groups in total. The van der Waals surface area contributed by atoms with E-state index in [1.165, 1.54) is 0 Å². The van der Waals surface area contributed by atoms with Gasteiger partial charge in [-0.05, 0) is 38.0 Å². The lowest BCUT2D eigenvalue weighted by molar-refractivity contribution is 0.0401. The first kappa shape index (κ1) is 19.7. The Kier molecular flexibility index (Phi) is 7.20. The molecule has 0 aliphatic heterocycles. The van der Waals surface area contributed by atoms with Gasteiger partial charge in [0.15, 0.2) is 0 Å². The van der Waals surface area contributed by atoms with Gasteiger partial charge in [-0.2, -0.15) is 0 Å². The number of ether oxygens (including phenoxy) is 2. The van der Waals surface area contributed by atoms with Gasteiger partial charge in [-0.15, -0.1) is 0 Å². The van der Waals surface area contributed by atoms with Crippen molar-refractivity contribution in [2.75, 3.05) is 26.4 Å². The molecule has 0 saturated carbocycles. The maximum atomic E-state index is 5.70. The van der Waals surface area contributed by atoms with E-state index in [9.17, 15) is 0 Å². The van der Waals surface area contributed by atoms with Gasteiger partial charge >= 0.3 is 0 Å². The van der Waals surface area contributed by atoms with Crippen LogP contribution in [0.2, 0.25) is 0 Å². The Morgan fingerprint density at radius 2 is 1.60 bits per heavy atom. The molecule has 6 nitrogen and oxygen atoms in total. The quantitative estimate of drug-likeness (QED) is 0.566. The van der Waals surface area contributed by atoms with Gasteiger partial charge < -0.3 is 18.5 Å². The van der Waals surface area contributed by atoms with Gasteiger partial charge in [0.25, 0.3) is 0 Å². The fourth-order valence-corrected chi connectivity index (χ4v) is 2.91. The molecule has 0 aromatic carbocycles. The molecule has 0 radical (unpaired) electrons. The topological polar surface area (TPSA) is 70.5 Å². The molecule has 0 saturated heterocycles. The normalized spacial score (nSPS) is 13.3. The SMILES string of the molecule is Cc1nocc1C(C)CCOCCOCCC(C)(C)c1conc1C. The third kappa shape index (κ3) is 5.68. The molecule has 0 amide bonds. The molecule has 2 aromatic heterocycles. The number of aryl methyl sites for hydroxylation is 2. The Morgan fingerprint density at radius 1 is 0.960 bits per heavy atom. The van der Waals surface area contributed by atoms with Crippen LogP contribution in [0.15, 0.2) is 21.6 Å². The van der Waals surface area contributed by atoms with Gasteiger partial charge in [0, 0.05) is 24.3 Å². The largest absolute Gasteiger partial charge is 0.379 e. The predicted molar refractivity (Wildman–Crippen MR) is 94.8 cm³/mol. The Labute approximate surface area is 149 Å². The average Bonchev–Trinajstić information content (AvgIpc) is 3.18. The molecule has 2 rings (SSSR count). The molecule has 0 bridgehead atoms. The molecule has 2 heterocycles. The van der Waals surface area contributed by atoms with E-state index in [0.717, 1.165) is 35.4 Å². The lowest BCUT2D eigenvalue weighted by Crippen LogP contribution is -2.21. The number of aromatic nitrogens is 2. The first-order valence-corrected chi connectivity index (χ1v) is 8.89. The molecule has 2 aromatic rings. The van der Waals surface area contributed by atoms with Crippen LogP contribution in [0.5, 0.6) is 0 Å². The Morgan fingerprint density at radius 3 is 2.20 bits per heavy atom. The maximum absolute atomic E-state index is 5.70. The number of nitrogens with zero attached hydrogens (tertiary/aromatic N) is 2. The molecule has 0 aliphatic carbocycles. The zero-order valence-electron chi connectivity index (χ0n) is 16.0. The second-order valence-electron chi connectivity index (χ2n) is 7.22. The van der Waals surface area contributed by atoms with Crippen LogP contribution in [0.4, 0.5) is 0 Å². The van der Waals surface area contributed by atoms with Crippen molar-refractivity contribution in [2.24, 2.45) is 0 Å². The molecule has 1 unspecified atom stereocenters. The fourth-order valence-electron chi connectivity index (χ4n) is 2.91. The standard InChI is InChI=1S/C19H30N2O4/c1-14(17-12-24-20-15(17)2)6-8-22-10-11-23-9-7-19(4,5)18-13-25-21-16(18)3/h12-14H,6-11H2,1-5H3. The van der Waals surface area contributed by atoms with E-state index in [-0.39, 0.29) is 5.41 Å². The zero-order valence-corrected chi connectivity index (χ0v) is 16.0. The second kappa shape index (κ2) is 9.15. The molecular formula is C19H30N2O4. The highest BCUT2D eigenvalue weighted by Crippen LogP contribution is 2.29. The summed E-state index contributed by atoms with van der Waals surface area (Å²) in [5.74, 6) is 0.389. The van der Waals surface area contributed by atoms with Gasteiger partial charge in [-0.3, -0.25) is 0 Å². The summed E-state index contributed by atoms with van der Waals surface area (Å²) in [6.45, 7) is 13.1. The summed E-state index contributed by atoms with van der Waals surface area (Å²) in [6.07, 6.45) is 5.32. The van der Waals surface area contributed by atoms with E-state index in [1.807, 2.05) is 13.8 Å². The van der Waals surface area contributed by atoms with E-state index in [4.69, 9.17) is 18.5 Å². The fraction of sp³-hybridized carbons (Fsp3) is 0.684. The van der Waals surface area contributed by atoms with Crippen LogP contribution >= 0.6 is 0 Å². The van der Waals surface area contributed by atoms with E-state index < -0.39 is 0 Å². The molecular weight excluding hydrogens is 320 g/mol. The molecule has 6 heteroatoms. The van der Waals surface area contributed by atoms with E-state index in [2.05, 4.69) is 31.1 Å². The van der Waals surface area contributed by atoms with Crippen LogP contribution in [-0.2, 0) is 14.9 Å². The molecule has 1 atom stereocenters. The highest BCUT2D eigenvalue weighted by atomic mass is 16.5. The van der Waals surface area contributed by atoms with Crippen LogP contribution in [0.1, 0.15) is 62.0 Å². The van der Waals surface area contributed by atoms with E-state index in [0.29, 0.717) is 32.3 Å². The second-order valence-corrected chi connectivity index (χ2v) is 7.22. The lowest BCUT2D eigenvalue weighted by Gasteiger charge is -2.23. The van der Waals surface area contributed by atoms with Gasteiger partial charge in [-0.1, -0.05) is 31.1 Å². The third-order valence-electron chi connectivity index (χ3n) is 4.74. The van der Waals surface area contributed by atoms with Gasteiger partial charge in [-0.25, -0.2) is 0 Å². The number of hydrogen-bond acceptors (Lipinski definition) is 6. The summed E-state index contributed by atoms with van der Waals surface area (Å²) in [5.41, 5.74) is 4.21. The summed E-state index contributed by atoms with van der Waals surface area (Å²) < 4.78 is 21.4. The summed E-state index contributed by atoms with van der Waals surface area (Å²) in [6, 6.07) is 0. The number of hydrogen-bond donors (Lipinski definition) is 0. The monoisotopic (exact) mass is 350 g/mol. The predicted octanol–water partition coefficient (Wildman–Crippen LogP) is 4.17. The van der Waals surface area contributed by atoms with Crippen molar-refractivity contribution >= 4 is 0 Å². The van der Waals surface area contributed by atoms with Crippen LogP contribution in [-0.4, -0.2) is 36.7 Å². The van der Waals surface area contributed by atoms with E-state index >= 15 is 0 Å². The van der Waals surface area contributed by atoms with Crippen LogP contribution < -0.4 is 0 Å². The highest BCUT2D eigenvalue weighted by Gasteiger charge is 2.24. The van der Waals surface area contributed by atoms with E-state index in [1.54, 1.807) is 12.5 Å². The summed E-state index contributed by atoms with van der Waals surface area (Å²) in [7, 11) is 0. The molecule has 140 valence electrons. The van der Waals surface area contributed by atoms with Crippen LogP contribution in [0.25, 0.3) is 0 Å². The number of rotatable bonds is 11. The van der Waals surface area contributed by atoms with Crippen molar-refractivity contribution in [3.63, 3.8) is 0 Å². The van der Waals surface area contributed by atoms with Crippen LogP contribution in [0.3, 0.4) is 0 Å². The minimum Gasteiger partial charge on any atom is -0.379 e. The van der Waals surface area contributed by atoms with Crippen molar-refractivity contribution in [1.29, 1.82) is 0 Å². The Bertz CT molecular complexity index is 633. The van der Waals surface area contributed by atoms with Gasteiger partial charge in [0.05, 0.1) is 24.6 Å². The summed E-state index contributed by atoms with van der Waals surface area (Å²) in [5, 5.41) is 7.87. The summed E-state index contributed by atoms with van der Waals surface area (Å²) >= 11 is 0. The van der Waals surface area contributed by atoms with Gasteiger partial charge in [0.2, 0.25) is 0 Å². The molecule has 0 fully saturated rings. The zero-order chi connectivity index (χ0) is 18.3. The average molecular weight is 350 g/mol. The third-order valence-corrected chi connectivity index (χ3v) is 4.74. The first-order chi connectivity index (χ1) is 11.9. The minimum absolute atomic E-state index is 0.00311. The van der Waals surface area contributed by atoms with Crippen molar-refractivity contribution in [1.82, 2.24) is 10.3 Å². The van der Waals surface area contributed by atoms with Crippen LogP contribution in [0, 0.1) is 13.8 Å². The Balaban J connectivity index is 1.54. The van der Waals surface area contributed by atoms with Gasteiger partial charge in [0.1, 0.15) is 12.5 Å². The molecule has 0 aliphatic rings. The minimum atomic E-state index is -0.00311. The summed E-state index contributed by atoms with van der Waals surface area (Å²) in [4.78, 5) is 0.